The van der Waals surface area contributed by atoms with Crippen LogP contribution in [0.25, 0.3) is 11.1 Å². The molecule has 2 aromatic carbocycles. The molecule has 0 aliphatic carbocycles. The van der Waals surface area contributed by atoms with E-state index in [0.717, 1.165) is 19.1 Å². The number of rotatable bonds is 4. The summed E-state index contributed by atoms with van der Waals surface area (Å²) in [4.78, 5) is 11.2. The second-order valence-electron chi connectivity index (χ2n) is 4.33. The van der Waals surface area contributed by atoms with Crippen LogP contribution in [-0.4, -0.2) is 12.4 Å². The Morgan fingerprint density at radius 3 is 2.05 bits per heavy atom. The SMILES string of the molecule is CCOc1ccc(-c2cc(F)c(C(C)=O)c(F)c2)cc1. The molecule has 0 aliphatic heterocycles. The molecule has 0 heterocycles. The predicted octanol–water partition coefficient (Wildman–Crippen LogP) is 4.23. The van der Waals surface area contributed by atoms with E-state index in [0.29, 0.717) is 23.5 Å². The monoisotopic (exact) mass is 276 g/mol. The minimum atomic E-state index is -0.846. The molecule has 0 N–H and O–H groups in total. The van der Waals surface area contributed by atoms with Crippen molar-refractivity contribution in [3.8, 4) is 16.9 Å². The normalized spacial score (nSPS) is 10.4. The van der Waals surface area contributed by atoms with Gasteiger partial charge in [0.25, 0.3) is 0 Å². The predicted molar refractivity (Wildman–Crippen MR) is 73.0 cm³/mol. The molecule has 0 saturated heterocycles. The van der Waals surface area contributed by atoms with Crippen LogP contribution in [0.5, 0.6) is 5.75 Å². The van der Waals surface area contributed by atoms with Crippen molar-refractivity contribution in [1.29, 1.82) is 0 Å². The molecule has 0 spiro atoms. The summed E-state index contributed by atoms with van der Waals surface area (Å²) in [5, 5.41) is 0. The van der Waals surface area contributed by atoms with Crippen molar-refractivity contribution in [1.82, 2.24) is 0 Å². The lowest BCUT2D eigenvalue weighted by atomic mass is 10.0. The Hall–Kier alpha value is -2.23. The molecule has 0 unspecified atom stereocenters. The summed E-state index contributed by atoms with van der Waals surface area (Å²) in [6.45, 7) is 3.56. The first-order valence-corrected chi connectivity index (χ1v) is 6.26. The zero-order valence-corrected chi connectivity index (χ0v) is 11.2. The van der Waals surface area contributed by atoms with E-state index in [-0.39, 0.29) is 0 Å². The van der Waals surface area contributed by atoms with Gasteiger partial charge >= 0.3 is 0 Å². The van der Waals surface area contributed by atoms with Gasteiger partial charge in [-0.05, 0) is 49.2 Å². The van der Waals surface area contributed by atoms with E-state index >= 15 is 0 Å². The highest BCUT2D eigenvalue weighted by atomic mass is 19.1. The van der Waals surface area contributed by atoms with Crippen molar-refractivity contribution in [3.05, 3.63) is 53.6 Å². The van der Waals surface area contributed by atoms with Crippen molar-refractivity contribution in [2.75, 3.05) is 6.61 Å². The molecule has 0 amide bonds. The lowest BCUT2D eigenvalue weighted by molar-refractivity contribution is 0.101. The van der Waals surface area contributed by atoms with Crippen LogP contribution >= 0.6 is 0 Å². The van der Waals surface area contributed by atoms with Gasteiger partial charge in [-0.15, -0.1) is 0 Å². The maximum absolute atomic E-state index is 13.8. The summed E-state index contributed by atoms with van der Waals surface area (Å²) in [5.74, 6) is -1.63. The summed E-state index contributed by atoms with van der Waals surface area (Å²) in [6.07, 6.45) is 0. The van der Waals surface area contributed by atoms with E-state index in [9.17, 15) is 13.6 Å². The molecule has 0 aliphatic rings. The smallest absolute Gasteiger partial charge is 0.165 e. The zero-order valence-electron chi connectivity index (χ0n) is 11.2. The number of halogens is 2. The number of hydrogen-bond acceptors (Lipinski definition) is 2. The first-order valence-electron chi connectivity index (χ1n) is 6.26. The van der Waals surface area contributed by atoms with Crippen molar-refractivity contribution >= 4 is 5.78 Å². The minimum Gasteiger partial charge on any atom is -0.494 e. The molecular formula is C16H14F2O2. The average Bonchev–Trinajstić information content (AvgIpc) is 2.38. The molecule has 2 rings (SSSR count). The molecule has 0 bridgehead atoms. The molecule has 20 heavy (non-hydrogen) atoms. The van der Waals surface area contributed by atoms with Gasteiger partial charge in [0.05, 0.1) is 12.2 Å². The number of ether oxygens (including phenoxy) is 1. The summed E-state index contributed by atoms with van der Waals surface area (Å²) >= 11 is 0. The van der Waals surface area contributed by atoms with Gasteiger partial charge in [-0.2, -0.15) is 0 Å². The zero-order chi connectivity index (χ0) is 14.7. The van der Waals surface area contributed by atoms with E-state index in [1.165, 1.54) is 0 Å². The number of hydrogen-bond donors (Lipinski definition) is 0. The highest BCUT2D eigenvalue weighted by Gasteiger charge is 2.15. The van der Waals surface area contributed by atoms with Crippen molar-refractivity contribution < 1.29 is 18.3 Å². The maximum atomic E-state index is 13.8. The van der Waals surface area contributed by atoms with Gasteiger partial charge in [-0.25, -0.2) is 8.78 Å². The van der Waals surface area contributed by atoms with Crippen molar-refractivity contribution in [3.63, 3.8) is 0 Å². The van der Waals surface area contributed by atoms with E-state index in [4.69, 9.17) is 4.74 Å². The summed E-state index contributed by atoms with van der Waals surface area (Å²) in [6, 6.07) is 9.21. The van der Waals surface area contributed by atoms with Crippen LogP contribution in [0.15, 0.2) is 36.4 Å². The topological polar surface area (TPSA) is 26.3 Å². The van der Waals surface area contributed by atoms with Crippen LogP contribution < -0.4 is 4.74 Å². The van der Waals surface area contributed by atoms with Crippen LogP contribution in [0.2, 0.25) is 0 Å². The molecule has 0 saturated carbocycles. The third-order valence-electron chi connectivity index (χ3n) is 2.89. The first-order chi connectivity index (χ1) is 9.52. The fraction of sp³-hybridized carbons (Fsp3) is 0.188. The van der Waals surface area contributed by atoms with Gasteiger partial charge in [0.1, 0.15) is 17.4 Å². The third kappa shape index (κ3) is 2.85. The Kier molecular flexibility index (Phi) is 4.13. The highest BCUT2D eigenvalue weighted by molar-refractivity contribution is 5.95. The van der Waals surface area contributed by atoms with Gasteiger partial charge in [-0.1, -0.05) is 12.1 Å². The molecular weight excluding hydrogens is 262 g/mol. The number of Topliss-reactive ketones (excluding diaryl/α,β-unsaturated/α-hetero) is 1. The molecule has 0 fully saturated rings. The lowest BCUT2D eigenvalue weighted by Gasteiger charge is -2.08. The van der Waals surface area contributed by atoms with Gasteiger partial charge in [0, 0.05) is 0 Å². The molecule has 0 aromatic heterocycles. The van der Waals surface area contributed by atoms with E-state index < -0.39 is 23.0 Å². The minimum absolute atomic E-state index is 0.382. The summed E-state index contributed by atoms with van der Waals surface area (Å²) < 4.78 is 32.8. The molecule has 4 heteroatoms. The molecule has 2 aromatic rings. The molecule has 104 valence electrons. The van der Waals surface area contributed by atoms with E-state index in [1.807, 2.05) is 6.92 Å². The molecule has 0 atom stereocenters. The lowest BCUT2D eigenvalue weighted by Crippen LogP contribution is -2.02. The molecule has 0 radical (unpaired) electrons. The Labute approximate surface area is 116 Å². The van der Waals surface area contributed by atoms with Gasteiger partial charge in [-0.3, -0.25) is 4.79 Å². The van der Waals surface area contributed by atoms with Crippen LogP contribution in [0.1, 0.15) is 24.2 Å². The number of ketones is 1. The number of carbonyl (C=O) groups excluding carboxylic acids is 1. The number of carbonyl (C=O) groups is 1. The maximum Gasteiger partial charge on any atom is 0.165 e. The summed E-state index contributed by atoms with van der Waals surface area (Å²) in [7, 11) is 0. The van der Waals surface area contributed by atoms with Gasteiger partial charge in [0.2, 0.25) is 0 Å². The van der Waals surface area contributed by atoms with Crippen LogP contribution in [-0.2, 0) is 0 Å². The Morgan fingerprint density at radius 2 is 1.60 bits per heavy atom. The Morgan fingerprint density at radius 1 is 1.05 bits per heavy atom. The quantitative estimate of drug-likeness (QED) is 0.781. The average molecular weight is 276 g/mol. The Balaban J connectivity index is 2.40. The third-order valence-corrected chi connectivity index (χ3v) is 2.89. The van der Waals surface area contributed by atoms with Crippen molar-refractivity contribution in [2.45, 2.75) is 13.8 Å². The first kappa shape index (κ1) is 14.2. The largest absolute Gasteiger partial charge is 0.494 e. The Bertz CT molecular complexity index is 610. The fourth-order valence-electron chi connectivity index (χ4n) is 1.99. The standard InChI is InChI=1S/C16H14F2O2/c1-3-20-13-6-4-11(5-7-13)12-8-14(17)16(10(2)19)15(18)9-12/h4-9H,3H2,1-2H3. The van der Waals surface area contributed by atoms with Crippen molar-refractivity contribution in [2.24, 2.45) is 0 Å². The van der Waals surface area contributed by atoms with Crippen LogP contribution in [0.3, 0.4) is 0 Å². The second-order valence-corrected chi connectivity index (χ2v) is 4.33. The van der Waals surface area contributed by atoms with Crippen LogP contribution in [0.4, 0.5) is 8.78 Å². The van der Waals surface area contributed by atoms with Gasteiger partial charge < -0.3 is 4.74 Å². The summed E-state index contributed by atoms with van der Waals surface area (Å²) in [5.41, 5.74) is 0.536. The molecule has 2 nitrogen and oxygen atoms in total. The van der Waals surface area contributed by atoms with E-state index in [2.05, 4.69) is 0 Å². The van der Waals surface area contributed by atoms with Crippen LogP contribution in [0, 0.1) is 11.6 Å². The number of benzene rings is 2. The second kappa shape index (κ2) is 5.82. The highest BCUT2D eigenvalue weighted by Crippen LogP contribution is 2.26. The fourth-order valence-corrected chi connectivity index (χ4v) is 1.99. The van der Waals surface area contributed by atoms with Gasteiger partial charge in [0.15, 0.2) is 5.78 Å². The van der Waals surface area contributed by atoms with E-state index in [1.54, 1.807) is 24.3 Å².